The van der Waals surface area contributed by atoms with Gasteiger partial charge in [0.15, 0.2) is 6.29 Å². The zero-order chi connectivity index (χ0) is 22.8. The molecule has 10 heteroatoms. The Labute approximate surface area is 185 Å². The maximum absolute atomic E-state index is 12.7. The number of nitrogens with zero attached hydrogens (tertiary/aromatic N) is 3. The molecule has 1 unspecified atom stereocenters. The van der Waals surface area contributed by atoms with Gasteiger partial charge in [0.1, 0.15) is 18.0 Å². The molecule has 2 heterocycles. The standard InChI is InChI=1S/C22H25N5O5/c1-14-4-6-15(7-5-14)25-10-11-26-20(29)21(30)27(24-22(25)26)13-19(28)23-17-9-8-16(31-2)12-18(17)32-3/h4-9,12,22,24H,10-11,13H2,1-3H3,(H,23,28). The van der Waals surface area contributed by atoms with Crippen molar-refractivity contribution in [2.24, 2.45) is 0 Å². The van der Waals surface area contributed by atoms with Gasteiger partial charge >= 0.3 is 11.8 Å². The highest BCUT2D eigenvalue weighted by Gasteiger charge is 2.45. The largest absolute Gasteiger partial charge is 0.497 e. The van der Waals surface area contributed by atoms with Crippen LogP contribution < -0.4 is 25.1 Å². The van der Waals surface area contributed by atoms with E-state index in [4.69, 9.17) is 9.47 Å². The summed E-state index contributed by atoms with van der Waals surface area (Å²) in [6.07, 6.45) is -0.550. The Bertz CT molecular complexity index is 1040. The summed E-state index contributed by atoms with van der Waals surface area (Å²) in [4.78, 5) is 41.4. The first-order valence-electron chi connectivity index (χ1n) is 10.1. The van der Waals surface area contributed by atoms with E-state index in [9.17, 15) is 14.4 Å². The molecule has 0 saturated carbocycles. The summed E-state index contributed by atoms with van der Waals surface area (Å²) in [5.41, 5.74) is 5.50. The Hall–Kier alpha value is -3.79. The first-order valence-corrected chi connectivity index (χ1v) is 10.1. The highest BCUT2D eigenvalue weighted by molar-refractivity contribution is 6.35. The van der Waals surface area contributed by atoms with E-state index >= 15 is 0 Å². The number of hydrogen-bond donors (Lipinski definition) is 2. The number of anilines is 2. The summed E-state index contributed by atoms with van der Waals surface area (Å²) < 4.78 is 10.4. The Kier molecular flexibility index (Phi) is 5.87. The van der Waals surface area contributed by atoms with Crippen LogP contribution in [-0.4, -0.2) is 67.8 Å². The van der Waals surface area contributed by atoms with E-state index in [0.29, 0.717) is 30.3 Å². The van der Waals surface area contributed by atoms with Crippen molar-refractivity contribution in [3.05, 3.63) is 48.0 Å². The Balaban J connectivity index is 1.48. The zero-order valence-electron chi connectivity index (χ0n) is 18.1. The highest BCUT2D eigenvalue weighted by atomic mass is 16.5. The number of ether oxygens (including phenoxy) is 2. The van der Waals surface area contributed by atoms with Crippen molar-refractivity contribution in [3.8, 4) is 11.5 Å². The van der Waals surface area contributed by atoms with E-state index in [1.807, 2.05) is 36.1 Å². The fraction of sp³-hybridized carbons (Fsp3) is 0.318. The van der Waals surface area contributed by atoms with Gasteiger partial charge in [0.25, 0.3) is 0 Å². The number of hydrogen-bond acceptors (Lipinski definition) is 7. The van der Waals surface area contributed by atoms with Crippen LogP contribution in [0.3, 0.4) is 0 Å². The molecule has 3 amide bonds. The van der Waals surface area contributed by atoms with E-state index in [1.54, 1.807) is 18.2 Å². The van der Waals surface area contributed by atoms with Crippen LogP contribution in [0, 0.1) is 6.92 Å². The normalized spacial score (nSPS) is 18.0. The van der Waals surface area contributed by atoms with Crippen LogP contribution in [0.2, 0.25) is 0 Å². The number of methoxy groups -OCH3 is 2. The van der Waals surface area contributed by atoms with E-state index < -0.39 is 24.0 Å². The van der Waals surface area contributed by atoms with Crippen molar-refractivity contribution in [1.29, 1.82) is 0 Å². The molecular weight excluding hydrogens is 414 g/mol. The molecule has 0 aromatic heterocycles. The van der Waals surface area contributed by atoms with E-state index in [2.05, 4.69) is 10.7 Å². The molecule has 0 radical (unpaired) electrons. The molecule has 4 rings (SSSR count). The third-order valence-electron chi connectivity index (χ3n) is 5.48. The SMILES string of the molecule is COc1ccc(NC(=O)CN2NC3N(CCN3c3ccc(C)cc3)C(=O)C2=O)c(OC)c1. The van der Waals surface area contributed by atoms with Gasteiger partial charge in [-0.25, -0.2) is 0 Å². The summed E-state index contributed by atoms with van der Waals surface area (Å²) >= 11 is 0. The van der Waals surface area contributed by atoms with Gasteiger partial charge in [0.05, 0.1) is 19.9 Å². The summed E-state index contributed by atoms with van der Waals surface area (Å²) in [5, 5.41) is 3.77. The fourth-order valence-corrected chi connectivity index (χ4v) is 3.78. The van der Waals surface area contributed by atoms with Crippen molar-refractivity contribution < 1.29 is 23.9 Å². The molecule has 168 valence electrons. The van der Waals surface area contributed by atoms with Crippen LogP contribution >= 0.6 is 0 Å². The first kappa shape index (κ1) is 21.4. The lowest BCUT2D eigenvalue weighted by atomic mass is 10.2. The summed E-state index contributed by atoms with van der Waals surface area (Å²) in [6.45, 7) is 2.65. The van der Waals surface area contributed by atoms with Crippen molar-refractivity contribution in [2.45, 2.75) is 13.2 Å². The van der Waals surface area contributed by atoms with E-state index in [0.717, 1.165) is 16.3 Å². The molecule has 2 N–H and O–H groups in total. The second kappa shape index (κ2) is 8.75. The van der Waals surface area contributed by atoms with Crippen LogP contribution in [0.25, 0.3) is 0 Å². The minimum absolute atomic E-state index is 0.341. The van der Waals surface area contributed by atoms with Crippen molar-refractivity contribution in [1.82, 2.24) is 15.3 Å². The van der Waals surface area contributed by atoms with E-state index in [-0.39, 0.29) is 6.54 Å². The number of carbonyl (C=O) groups is 3. The van der Waals surface area contributed by atoms with Crippen LogP contribution in [0.1, 0.15) is 5.56 Å². The van der Waals surface area contributed by atoms with Gasteiger partial charge in [-0.1, -0.05) is 17.7 Å². The number of carbonyl (C=O) groups excluding carboxylic acids is 3. The molecule has 2 aliphatic heterocycles. The van der Waals surface area contributed by atoms with Crippen LogP contribution in [-0.2, 0) is 14.4 Å². The number of amides is 3. The number of hydrazine groups is 1. The summed E-state index contributed by atoms with van der Waals surface area (Å²) in [6, 6.07) is 12.9. The third-order valence-corrected chi connectivity index (χ3v) is 5.48. The summed E-state index contributed by atoms with van der Waals surface area (Å²) in [5.74, 6) is -0.896. The number of nitrogens with one attached hydrogen (secondary N) is 2. The molecule has 2 aliphatic rings. The van der Waals surface area contributed by atoms with Crippen LogP contribution in [0.4, 0.5) is 11.4 Å². The van der Waals surface area contributed by atoms with Crippen molar-refractivity contribution in [3.63, 3.8) is 0 Å². The van der Waals surface area contributed by atoms with E-state index in [1.165, 1.54) is 19.1 Å². The molecule has 0 spiro atoms. The predicted molar refractivity (Wildman–Crippen MR) is 117 cm³/mol. The number of rotatable bonds is 6. The van der Waals surface area contributed by atoms with Gasteiger partial charge < -0.3 is 19.7 Å². The topological polar surface area (TPSA) is 103 Å². The quantitative estimate of drug-likeness (QED) is 0.646. The van der Waals surface area contributed by atoms with Gasteiger partial charge in [-0.2, -0.15) is 5.43 Å². The molecule has 32 heavy (non-hydrogen) atoms. The lowest BCUT2D eigenvalue weighted by Gasteiger charge is -2.40. The van der Waals surface area contributed by atoms with Gasteiger partial charge in [0, 0.05) is 24.8 Å². The predicted octanol–water partition coefficient (Wildman–Crippen LogP) is 0.930. The van der Waals surface area contributed by atoms with Crippen LogP contribution in [0.5, 0.6) is 11.5 Å². The monoisotopic (exact) mass is 439 g/mol. The average molecular weight is 439 g/mol. The lowest BCUT2D eigenvalue weighted by Crippen LogP contribution is -2.68. The highest BCUT2D eigenvalue weighted by Crippen LogP contribution is 2.29. The molecular formula is C22H25N5O5. The number of benzene rings is 2. The molecule has 1 atom stereocenters. The lowest BCUT2D eigenvalue weighted by molar-refractivity contribution is -0.163. The van der Waals surface area contributed by atoms with Crippen molar-refractivity contribution >= 4 is 29.1 Å². The van der Waals surface area contributed by atoms with Crippen molar-refractivity contribution in [2.75, 3.05) is 44.1 Å². The maximum Gasteiger partial charge on any atom is 0.326 e. The molecule has 2 aromatic rings. The second-order valence-electron chi connectivity index (χ2n) is 7.54. The Morgan fingerprint density at radius 3 is 2.44 bits per heavy atom. The van der Waals surface area contributed by atoms with Gasteiger partial charge in [-0.15, -0.1) is 0 Å². The minimum Gasteiger partial charge on any atom is -0.497 e. The fourth-order valence-electron chi connectivity index (χ4n) is 3.78. The maximum atomic E-state index is 12.7. The first-order chi connectivity index (χ1) is 15.4. The number of aryl methyl sites for hydroxylation is 1. The number of fused-ring (bicyclic) bond motifs is 1. The molecule has 2 aromatic carbocycles. The van der Waals surface area contributed by atoms with Gasteiger partial charge in [-0.3, -0.25) is 24.3 Å². The smallest absolute Gasteiger partial charge is 0.326 e. The second-order valence-corrected chi connectivity index (χ2v) is 7.54. The summed E-state index contributed by atoms with van der Waals surface area (Å²) in [7, 11) is 3.01. The average Bonchev–Trinajstić information content (AvgIpc) is 3.22. The Morgan fingerprint density at radius 2 is 1.75 bits per heavy atom. The molecule has 0 aliphatic carbocycles. The van der Waals surface area contributed by atoms with Crippen LogP contribution in [0.15, 0.2) is 42.5 Å². The zero-order valence-corrected chi connectivity index (χ0v) is 18.1. The molecule has 10 nitrogen and oxygen atoms in total. The Morgan fingerprint density at radius 1 is 1.03 bits per heavy atom. The van der Waals surface area contributed by atoms with Gasteiger partial charge in [0.2, 0.25) is 5.91 Å². The van der Waals surface area contributed by atoms with Gasteiger partial charge in [-0.05, 0) is 31.2 Å². The molecule has 2 saturated heterocycles. The third kappa shape index (κ3) is 4.04. The minimum atomic E-state index is -0.774. The molecule has 2 fully saturated rings. The molecule has 0 bridgehead atoms.